The maximum absolute atomic E-state index is 12.7. The van der Waals surface area contributed by atoms with Gasteiger partial charge in [-0.3, -0.25) is 0 Å². The van der Waals surface area contributed by atoms with Crippen molar-refractivity contribution in [3.05, 3.63) is 41.7 Å². The molecule has 0 bridgehead atoms. The summed E-state index contributed by atoms with van der Waals surface area (Å²) in [6.45, 7) is 2.04. The van der Waals surface area contributed by atoms with Crippen LogP contribution in [0, 0.1) is 5.82 Å². The third-order valence-corrected chi connectivity index (χ3v) is 2.31. The van der Waals surface area contributed by atoms with Crippen molar-refractivity contribution in [2.75, 3.05) is 0 Å². The van der Waals surface area contributed by atoms with Gasteiger partial charge in [-0.2, -0.15) is 0 Å². The van der Waals surface area contributed by atoms with Crippen molar-refractivity contribution in [1.29, 1.82) is 0 Å². The number of benzene rings is 1. The minimum Gasteiger partial charge on any atom is -0.478 e. The first-order chi connectivity index (χ1) is 7.63. The van der Waals surface area contributed by atoms with Gasteiger partial charge in [0.15, 0.2) is 0 Å². The highest BCUT2D eigenvalue weighted by Crippen LogP contribution is 2.20. The first-order valence-electron chi connectivity index (χ1n) is 5.33. The van der Waals surface area contributed by atoms with Gasteiger partial charge in [-0.25, -0.2) is 9.18 Å². The molecule has 16 heavy (non-hydrogen) atoms. The molecule has 0 amide bonds. The average Bonchev–Trinajstić information content (AvgIpc) is 2.25. The van der Waals surface area contributed by atoms with Crippen LogP contribution in [0.2, 0.25) is 0 Å². The molecular formula is C13H15FO2. The van der Waals surface area contributed by atoms with Crippen LogP contribution in [-0.4, -0.2) is 11.1 Å². The Kier molecular flexibility index (Phi) is 4.70. The van der Waals surface area contributed by atoms with Gasteiger partial charge in [0.25, 0.3) is 0 Å². The molecule has 3 heteroatoms. The fourth-order valence-corrected chi connectivity index (χ4v) is 1.48. The van der Waals surface area contributed by atoms with E-state index in [0.717, 1.165) is 24.0 Å². The highest BCUT2D eigenvalue weighted by atomic mass is 19.1. The highest BCUT2D eigenvalue weighted by Gasteiger charge is 2.04. The minimum atomic E-state index is -0.963. The molecule has 0 unspecified atom stereocenters. The van der Waals surface area contributed by atoms with E-state index in [2.05, 4.69) is 0 Å². The lowest BCUT2D eigenvalue weighted by Gasteiger charge is -2.06. The first kappa shape index (κ1) is 12.4. The van der Waals surface area contributed by atoms with Gasteiger partial charge in [0.1, 0.15) is 5.82 Å². The Hall–Kier alpha value is -1.64. The van der Waals surface area contributed by atoms with Crippen LogP contribution < -0.4 is 0 Å². The van der Waals surface area contributed by atoms with Gasteiger partial charge in [0, 0.05) is 6.08 Å². The van der Waals surface area contributed by atoms with Crippen LogP contribution in [0.3, 0.4) is 0 Å². The molecule has 1 N–H and O–H groups in total. The average molecular weight is 222 g/mol. The Bertz CT molecular complexity index is 379. The summed E-state index contributed by atoms with van der Waals surface area (Å²) in [6.07, 6.45) is 3.83. The zero-order chi connectivity index (χ0) is 12.0. The van der Waals surface area contributed by atoms with Gasteiger partial charge in [-0.05, 0) is 36.1 Å². The SMILES string of the molecule is CCCC/C(=C\C(=O)O)c1ccc(F)cc1. The van der Waals surface area contributed by atoms with Crippen LogP contribution in [0.4, 0.5) is 4.39 Å². The van der Waals surface area contributed by atoms with E-state index in [1.165, 1.54) is 18.2 Å². The molecular weight excluding hydrogens is 207 g/mol. The number of unbranched alkanes of at least 4 members (excludes halogenated alkanes) is 1. The molecule has 0 radical (unpaired) electrons. The molecule has 0 aliphatic carbocycles. The number of halogens is 1. The quantitative estimate of drug-likeness (QED) is 0.774. The molecule has 1 aromatic rings. The van der Waals surface area contributed by atoms with Gasteiger partial charge in [0.05, 0.1) is 0 Å². The smallest absolute Gasteiger partial charge is 0.328 e. The second-order valence-corrected chi connectivity index (χ2v) is 3.62. The second-order valence-electron chi connectivity index (χ2n) is 3.62. The molecule has 0 heterocycles. The molecule has 86 valence electrons. The van der Waals surface area contributed by atoms with Gasteiger partial charge in [0.2, 0.25) is 0 Å². The van der Waals surface area contributed by atoms with Gasteiger partial charge in [-0.1, -0.05) is 25.5 Å². The summed E-state index contributed by atoms with van der Waals surface area (Å²) in [5, 5.41) is 8.75. The van der Waals surface area contributed by atoms with Gasteiger partial charge in [-0.15, -0.1) is 0 Å². The zero-order valence-corrected chi connectivity index (χ0v) is 9.24. The normalized spacial score (nSPS) is 11.5. The van der Waals surface area contributed by atoms with E-state index in [4.69, 9.17) is 5.11 Å². The molecule has 0 fully saturated rings. The van der Waals surface area contributed by atoms with Crippen LogP contribution in [-0.2, 0) is 4.79 Å². The van der Waals surface area contributed by atoms with Crippen molar-refractivity contribution in [2.24, 2.45) is 0 Å². The van der Waals surface area contributed by atoms with Crippen molar-refractivity contribution < 1.29 is 14.3 Å². The monoisotopic (exact) mass is 222 g/mol. The van der Waals surface area contributed by atoms with Crippen molar-refractivity contribution in [3.8, 4) is 0 Å². The third kappa shape index (κ3) is 3.85. The van der Waals surface area contributed by atoms with E-state index in [1.807, 2.05) is 6.92 Å². The minimum absolute atomic E-state index is 0.311. The Morgan fingerprint density at radius 2 is 2.00 bits per heavy atom. The van der Waals surface area contributed by atoms with Gasteiger partial charge < -0.3 is 5.11 Å². The van der Waals surface area contributed by atoms with Crippen LogP contribution in [0.1, 0.15) is 31.7 Å². The number of aliphatic carboxylic acids is 1. The fourth-order valence-electron chi connectivity index (χ4n) is 1.48. The summed E-state index contributed by atoms with van der Waals surface area (Å²) in [6, 6.07) is 5.91. The predicted octanol–water partition coefficient (Wildman–Crippen LogP) is 3.48. The van der Waals surface area contributed by atoms with E-state index < -0.39 is 5.97 Å². The zero-order valence-electron chi connectivity index (χ0n) is 9.24. The van der Waals surface area contributed by atoms with E-state index >= 15 is 0 Å². The summed E-state index contributed by atoms with van der Waals surface area (Å²) in [7, 11) is 0. The number of carboxylic acid groups (broad SMARTS) is 1. The lowest BCUT2D eigenvalue weighted by Crippen LogP contribution is -1.93. The topological polar surface area (TPSA) is 37.3 Å². The number of carboxylic acids is 1. The number of carbonyl (C=O) groups is 1. The van der Waals surface area contributed by atoms with Crippen LogP contribution in [0.5, 0.6) is 0 Å². The number of hydrogen-bond donors (Lipinski definition) is 1. The Balaban J connectivity index is 2.92. The number of rotatable bonds is 5. The highest BCUT2D eigenvalue weighted by molar-refractivity contribution is 5.89. The number of hydrogen-bond acceptors (Lipinski definition) is 1. The molecule has 0 aliphatic rings. The molecule has 0 saturated carbocycles. The van der Waals surface area contributed by atoms with Crippen LogP contribution in [0.15, 0.2) is 30.3 Å². The van der Waals surface area contributed by atoms with Crippen molar-refractivity contribution in [3.63, 3.8) is 0 Å². The van der Waals surface area contributed by atoms with Crippen molar-refractivity contribution >= 4 is 11.5 Å². The second kappa shape index (κ2) is 6.05. The lowest BCUT2D eigenvalue weighted by molar-refractivity contribution is -0.131. The largest absolute Gasteiger partial charge is 0.478 e. The maximum Gasteiger partial charge on any atom is 0.328 e. The van der Waals surface area contributed by atoms with Crippen molar-refractivity contribution in [2.45, 2.75) is 26.2 Å². The summed E-state index contributed by atoms with van der Waals surface area (Å²) in [5.74, 6) is -1.27. The van der Waals surface area contributed by atoms with Crippen LogP contribution in [0.25, 0.3) is 5.57 Å². The maximum atomic E-state index is 12.7. The molecule has 0 atom stereocenters. The molecule has 2 nitrogen and oxygen atoms in total. The lowest BCUT2D eigenvalue weighted by atomic mass is 10.00. The predicted molar refractivity (Wildman–Crippen MR) is 61.5 cm³/mol. The van der Waals surface area contributed by atoms with Gasteiger partial charge >= 0.3 is 5.97 Å². The van der Waals surface area contributed by atoms with E-state index in [-0.39, 0.29) is 5.82 Å². The Labute approximate surface area is 94.4 Å². The van der Waals surface area contributed by atoms with Crippen LogP contribution >= 0.6 is 0 Å². The van der Waals surface area contributed by atoms with Crippen molar-refractivity contribution in [1.82, 2.24) is 0 Å². The molecule has 0 aromatic heterocycles. The summed E-state index contributed by atoms with van der Waals surface area (Å²) in [4.78, 5) is 10.7. The molecule has 1 rings (SSSR count). The molecule has 0 spiro atoms. The first-order valence-corrected chi connectivity index (χ1v) is 5.33. The number of allylic oxidation sites excluding steroid dienone is 1. The molecule has 0 aliphatic heterocycles. The van der Waals surface area contributed by atoms with E-state index in [1.54, 1.807) is 12.1 Å². The standard InChI is InChI=1S/C13H15FO2/c1-2-3-4-11(9-13(15)16)10-5-7-12(14)8-6-10/h5-9H,2-4H2,1H3,(H,15,16)/b11-9+. The Morgan fingerprint density at radius 3 is 2.50 bits per heavy atom. The third-order valence-electron chi connectivity index (χ3n) is 2.31. The summed E-state index contributed by atoms with van der Waals surface area (Å²) < 4.78 is 12.7. The molecule has 1 aromatic carbocycles. The van der Waals surface area contributed by atoms with E-state index in [9.17, 15) is 9.18 Å². The fraction of sp³-hybridized carbons (Fsp3) is 0.308. The molecule has 0 saturated heterocycles. The summed E-state index contributed by atoms with van der Waals surface area (Å²) in [5.41, 5.74) is 1.52. The van der Waals surface area contributed by atoms with E-state index in [0.29, 0.717) is 6.42 Å². The summed E-state index contributed by atoms with van der Waals surface area (Å²) >= 11 is 0. The Morgan fingerprint density at radius 1 is 1.38 bits per heavy atom.